The quantitative estimate of drug-likeness (QED) is 0.337. The van der Waals surface area contributed by atoms with Crippen molar-refractivity contribution < 1.29 is 14.1 Å². The highest BCUT2D eigenvalue weighted by molar-refractivity contribution is 5.94. The lowest BCUT2D eigenvalue weighted by molar-refractivity contribution is -0.384. The fourth-order valence-corrected chi connectivity index (χ4v) is 3.68. The van der Waals surface area contributed by atoms with Gasteiger partial charge in [-0.15, -0.1) is 10.2 Å². The smallest absolute Gasteiger partial charge is 0.269 e. The first-order valence-corrected chi connectivity index (χ1v) is 10.1. The number of Topliss-reactive ketones (excluding diaryl/α,β-unsaturated/α-hetero) is 1. The maximum atomic E-state index is 11.5. The monoisotopic (exact) mass is 421 g/mol. The Morgan fingerprint density at radius 1 is 1.03 bits per heavy atom. The van der Waals surface area contributed by atoms with Crippen molar-refractivity contribution in [3.63, 3.8) is 0 Å². The third-order valence-electron chi connectivity index (χ3n) is 5.62. The fraction of sp³-hybridized carbons (Fsp3) is 0.318. The van der Waals surface area contributed by atoms with Crippen LogP contribution in [0.2, 0.25) is 0 Å². The largest absolute Gasteiger partial charge is 0.419 e. The number of aromatic nitrogens is 2. The van der Waals surface area contributed by atoms with Gasteiger partial charge in [0.15, 0.2) is 5.78 Å². The first-order valence-electron chi connectivity index (χ1n) is 10.1. The van der Waals surface area contributed by atoms with Gasteiger partial charge in [0.05, 0.1) is 11.0 Å². The maximum absolute atomic E-state index is 11.5. The number of nitrogens with zero attached hydrogens (tertiary/aromatic N) is 5. The molecule has 2 heterocycles. The molecule has 160 valence electrons. The molecule has 0 spiro atoms. The number of ketones is 1. The molecule has 4 rings (SSSR count). The van der Waals surface area contributed by atoms with E-state index in [-0.39, 0.29) is 17.5 Å². The van der Waals surface area contributed by atoms with Crippen LogP contribution in [0.5, 0.6) is 0 Å². The summed E-state index contributed by atoms with van der Waals surface area (Å²) in [6.45, 7) is 6.99. The number of piperazine rings is 1. The number of hydrogen-bond donors (Lipinski definition) is 0. The number of anilines is 1. The summed E-state index contributed by atoms with van der Waals surface area (Å²) in [5.74, 6) is 0.936. The molecule has 0 N–H and O–H groups in total. The molecule has 9 nitrogen and oxygen atoms in total. The topological polar surface area (TPSA) is 106 Å². The van der Waals surface area contributed by atoms with Crippen LogP contribution in [0.4, 0.5) is 11.4 Å². The van der Waals surface area contributed by atoms with Crippen molar-refractivity contribution in [3.05, 3.63) is 70.1 Å². The summed E-state index contributed by atoms with van der Waals surface area (Å²) in [7, 11) is 0. The summed E-state index contributed by atoms with van der Waals surface area (Å²) < 4.78 is 5.85. The Kier molecular flexibility index (Phi) is 5.77. The van der Waals surface area contributed by atoms with E-state index in [9.17, 15) is 14.9 Å². The van der Waals surface area contributed by atoms with Crippen LogP contribution in [-0.4, -0.2) is 52.0 Å². The molecule has 3 aromatic rings. The van der Waals surface area contributed by atoms with E-state index < -0.39 is 4.92 Å². The number of nitro groups is 1. The van der Waals surface area contributed by atoms with E-state index in [1.54, 1.807) is 19.1 Å². The van der Waals surface area contributed by atoms with Gasteiger partial charge in [0.1, 0.15) is 0 Å². The molecule has 1 atom stereocenters. The van der Waals surface area contributed by atoms with Crippen molar-refractivity contribution in [2.24, 2.45) is 0 Å². The minimum atomic E-state index is -0.442. The van der Waals surface area contributed by atoms with Gasteiger partial charge in [-0.1, -0.05) is 0 Å². The Morgan fingerprint density at radius 3 is 2.26 bits per heavy atom. The van der Waals surface area contributed by atoms with E-state index in [2.05, 4.69) is 20.0 Å². The Bertz CT molecular complexity index is 1070. The SMILES string of the molecule is CC(=O)c1ccc(N2CCN(C(C)c3nnc(-c4ccc([N+](=O)[O-])cc4)o3)CC2)cc1. The summed E-state index contributed by atoms with van der Waals surface area (Å²) in [6.07, 6.45) is 0. The molecule has 1 unspecified atom stereocenters. The van der Waals surface area contributed by atoms with E-state index in [1.165, 1.54) is 12.1 Å². The van der Waals surface area contributed by atoms with E-state index >= 15 is 0 Å². The molecule has 0 saturated carbocycles. The minimum absolute atomic E-state index is 0.0191. The molecule has 2 aromatic carbocycles. The predicted molar refractivity (Wildman–Crippen MR) is 115 cm³/mol. The highest BCUT2D eigenvalue weighted by atomic mass is 16.6. The summed E-state index contributed by atoms with van der Waals surface area (Å²) in [4.78, 5) is 26.4. The Balaban J connectivity index is 1.38. The van der Waals surface area contributed by atoms with Crippen LogP contribution in [0.1, 0.15) is 36.1 Å². The lowest BCUT2D eigenvalue weighted by atomic mass is 10.1. The number of carbonyl (C=O) groups is 1. The molecule has 9 heteroatoms. The zero-order valence-electron chi connectivity index (χ0n) is 17.4. The van der Waals surface area contributed by atoms with Crippen molar-refractivity contribution in [1.29, 1.82) is 0 Å². The molecule has 0 amide bonds. The summed E-state index contributed by atoms with van der Waals surface area (Å²) in [5, 5.41) is 19.1. The normalized spacial score (nSPS) is 15.6. The Hall–Kier alpha value is -3.59. The van der Waals surface area contributed by atoms with Crippen molar-refractivity contribution in [1.82, 2.24) is 15.1 Å². The predicted octanol–water partition coefficient (Wildman–Crippen LogP) is 3.73. The molecule has 0 radical (unpaired) electrons. The van der Waals surface area contributed by atoms with Crippen LogP contribution in [-0.2, 0) is 0 Å². The number of rotatable bonds is 6. The van der Waals surface area contributed by atoms with Gasteiger partial charge in [0.2, 0.25) is 11.8 Å². The highest BCUT2D eigenvalue weighted by Gasteiger charge is 2.26. The number of carbonyl (C=O) groups excluding carboxylic acids is 1. The summed E-state index contributed by atoms with van der Waals surface area (Å²) in [5.41, 5.74) is 2.49. The highest BCUT2D eigenvalue weighted by Crippen LogP contribution is 2.27. The van der Waals surface area contributed by atoms with E-state index in [0.29, 0.717) is 17.3 Å². The molecular weight excluding hydrogens is 398 g/mol. The van der Waals surface area contributed by atoms with Crippen LogP contribution in [0.25, 0.3) is 11.5 Å². The van der Waals surface area contributed by atoms with E-state index in [1.807, 2.05) is 31.2 Å². The van der Waals surface area contributed by atoms with E-state index in [0.717, 1.165) is 37.4 Å². The first kappa shape index (κ1) is 20.7. The van der Waals surface area contributed by atoms with Gasteiger partial charge < -0.3 is 9.32 Å². The molecule has 0 bridgehead atoms. The molecule has 1 saturated heterocycles. The Morgan fingerprint density at radius 2 is 1.68 bits per heavy atom. The maximum Gasteiger partial charge on any atom is 0.269 e. The molecule has 1 aromatic heterocycles. The van der Waals surface area contributed by atoms with Crippen LogP contribution >= 0.6 is 0 Å². The van der Waals surface area contributed by atoms with Crippen LogP contribution < -0.4 is 4.90 Å². The number of benzene rings is 2. The fourth-order valence-electron chi connectivity index (χ4n) is 3.68. The van der Waals surface area contributed by atoms with Crippen molar-refractivity contribution in [2.75, 3.05) is 31.1 Å². The molecule has 1 aliphatic heterocycles. The molecule has 1 aliphatic rings. The molecule has 31 heavy (non-hydrogen) atoms. The van der Waals surface area contributed by atoms with Gasteiger partial charge in [-0.05, 0) is 50.2 Å². The molecule has 1 fully saturated rings. The third-order valence-corrected chi connectivity index (χ3v) is 5.62. The van der Waals surface area contributed by atoms with Crippen molar-refractivity contribution in [2.45, 2.75) is 19.9 Å². The second-order valence-electron chi connectivity index (χ2n) is 7.55. The number of nitro benzene ring substituents is 1. The van der Waals surface area contributed by atoms with Crippen LogP contribution in [0.15, 0.2) is 52.9 Å². The van der Waals surface area contributed by atoms with Gasteiger partial charge >= 0.3 is 0 Å². The molecular formula is C22H23N5O4. The van der Waals surface area contributed by atoms with Crippen molar-refractivity contribution in [3.8, 4) is 11.5 Å². The van der Waals surface area contributed by atoms with E-state index in [4.69, 9.17) is 4.42 Å². The second-order valence-corrected chi connectivity index (χ2v) is 7.55. The van der Waals surface area contributed by atoms with Crippen molar-refractivity contribution >= 4 is 17.2 Å². The number of non-ortho nitro benzene ring substituents is 1. The lowest BCUT2D eigenvalue weighted by Crippen LogP contribution is -2.47. The number of hydrogen-bond acceptors (Lipinski definition) is 8. The molecule has 0 aliphatic carbocycles. The zero-order chi connectivity index (χ0) is 22.0. The first-order chi connectivity index (χ1) is 14.9. The minimum Gasteiger partial charge on any atom is -0.419 e. The average Bonchev–Trinajstić information content (AvgIpc) is 3.29. The lowest BCUT2D eigenvalue weighted by Gasteiger charge is -2.38. The Labute approximate surface area is 179 Å². The third kappa shape index (κ3) is 4.46. The van der Waals surface area contributed by atoms with Crippen LogP contribution in [0, 0.1) is 10.1 Å². The van der Waals surface area contributed by atoms with Gasteiger partial charge in [0.25, 0.3) is 5.69 Å². The second kappa shape index (κ2) is 8.65. The zero-order valence-corrected chi connectivity index (χ0v) is 17.4. The van der Waals surface area contributed by atoms with Gasteiger partial charge in [0, 0.05) is 55.1 Å². The van der Waals surface area contributed by atoms with Gasteiger partial charge in [-0.3, -0.25) is 19.8 Å². The standard InChI is InChI=1S/C22H23N5O4/c1-15(21-23-24-22(31-21)18-5-9-20(10-6-18)27(29)30)25-11-13-26(14-12-25)19-7-3-17(4-8-19)16(2)28/h3-10,15H,11-14H2,1-2H3. The van der Waals surface area contributed by atoms with Gasteiger partial charge in [-0.2, -0.15) is 0 Å². The summed E-state index contributed by atoms with van der Waals surface area (Å²) in [6, 6.07) is 13.7. The van der Waals surface area contributed by atoms with Gasteiger partial charge in [-0.25, -0.2) is 0 Å². The average molecular weight is 421 g/mol. The van der Waals surface area contributed by atoms with Crippen LogP contribution in [0.3, 0.4) is 0 Å². The summed E-state index contributed by atoms with van der Waals surface area (Å²) >= 11 is 0.